The van der Waals surface area contributed by atoms with E-state index in [9.17, 15) is 9.90 Å². The highest BCUT2D eigenvalue weighted by molar-refractivity contribution is 5.78. The van der Waals surface area contributed by atoms with Crippen LogP contribution in [0.3, 0.4) is 0 Å². The first-order valence-electron chi connectivity index (χ1n) is 6.90. The molecule has 106 valence electrons. The highest BCUT2D eigenvalue weighted by Crippen LogP contribution is 2.26. The third kappa shape index (κ3) is 2.09. The van der Waals surface area contributed by atoms with Crippen LogP contribution in [0.15, 0.2) is 12.4 Å². The molecule has 1 saturated heterocycles. The average Bonchev–Trinajstić information content (AvgIpc) is 3.06. The van der Waals surface area contributed by atoms with Gasteiger partial charge in [-0.25, -0.2) is 9.78 Å². The Kier molecular flexibility index (Phi) is 3.25. The van der Waals surface area contributed by atoms with Gasteiger partial charge in [0.25, 0.3) is 5.78 Å². The molecule has 1 fully saturated rings. The van der Waals surface area contributed by atoms with E-state index in [4.69, 9.17) is 0 Å². The second-order valence-corrected chi connectivity index (χ2v) is 5.02. The summed E-state index contributed by atoms with van der Waals surface area (Å²) in [5.41, 5.74) is 0.930. The summed E-state index contributed by atoms with van der Waals surface area (Å²) >= 11 is 0. The number of aromatic nitrogens is 4. The molecule has 2 aromatic rings. The van der Waals surface area contributed by atoms with Crippen LogP contribution in [0.5, 0.6) is 0 Å². The molecule has 0 aromatic carbocycles. The van der Waals surface area contributed by atoms with E-state index in [-0.39, 0.29) is 0 Å². The summed E-state index contributed by atoms with van der Waals surface area (Å²) in [6, 6.07) is 1.45. The monoisotopic (exact) mass is 275 g/mol. The van der Waals surface area contributed by atoms with Crippen LogP contribution >= 0.6 is 0 Å². The topological polar surface area (TPSA) is 83.6 Å². The van der Waals surface area contributed by atoms with Crippen molar-refractivity contribution in [3.63, 3.8) is 0 Å². The van der Waals surface area contributed by atoms with Crippen LogP contribution in [0.4, 0.5) is 5.82 Å². The van der Waals surface area contributed by atoms with Gasteiger partial charge < -0.3 is 10.0 Å². The maximum absolute atomic E-state index is 11.4. The molecular formula is C13H17N5O2. The smallest absolute Gasteiger partial charge is 0.326 e. The number of hydrogen-bond donors (Lipinski definition) is 1. The van der Waals surface area contributed by atoms with Crippen molar-refractivity contribution < 1.29 is 9.90 Å². The maximum Gasteiger partial charge on any atom is 0.326 e. The first-order chi connectivity index (χ1) is 9.70. The number of nitrogens with zero attached hydrogens (tertiary/aromatic N) is 5. The zero-order chi connectivity index (χ0) is 14.1. The fraction of sp³-hybridized carbons (Fsp3) is 0.538. The Morgan fingerprint density at radius 2 is 2.40 bits per heavy atom. The predicted octanol–water partition coefficient (Wildman–Crippen LogP) is 1.13. The molecule has 0 unspecified atom stereocenters. The molecule has 2 aromatic heterocycles. The zero-order valence-corrected chi connectivity index (χ0v) is 11.4. The quantitative estimate of drug-likeness (QED) is 0.900. The van der Waals surface area contributed by atoms with Crippen LogP contribution in [0, 0.1) is 0 Å². The van der Waals surface area contributed by atoms with E-state index in [0.717, 1.165) is 37.3 Å². The molecule has 7 heteroatoms. The fourth-order valence-electron chi connectivity index (χ4n) is 2.73. The van der Waals surface area contributed by atoms with Gasteiger partial charge in [-0.2, -0.15) is 14.6 Å². The number of rotatable bonds is 4. The Hall–Kier alpha value is -2.18. The number of anilines is 1. The Balaban J connectivity index is 2.09. The van der Waals surface area contributed by atoms with Gasteiger partial charge in [-0.15, -0.1) is 0 Å². The number of fused-ring (bicyclic) bond motifs is 1. The van der Waals surface area contributed by atoms with E-state index in [1.807, 2.05) is 11.0 Å². The number of carboxylic acids is 1. The molecule has 7 nitrogen and oxygen atoms in total. The predicted molar refractivity (Wildman–Crippen MR) is 72.8 cm³/mol. The van der Waals surface area contributed by atoms with Gasteiger partial charge in [-0.1, -0.05) is 13.3 Å². The number of aliphatic carboxylic acids is 1. The van der Waals surface area contributed by atoms with Crippen LogP contribution in [0.1, 0.15) is 31.9 Å². The second-order valence-electron chi connectivity index (χ2n) is 5.02. The van der Waals surface area contributed by atoms with Crippen molar-refractivity contribution in [1.82, 2.24) is 19.6 Å². The Bertz CT molecular complexity index is 639. The normalized spacial score (nSPS) is 18.9. The summed E-state index contributed by atoms with van der Waals surface area (Å²) in [6.45, 7) is 2.81. The van der Waals surface area contributed by atoms with Gasteiger partial charge >= 0.3 is 5.97 Å². The van der Waals surface area contributed by atoms with Gasteiger partial charge in [0.15, 0.2) is 0 Å². The Morgan fingerprint density at radius 3 is 3.15 bits per heavy atom. The van der Waals surface area contributed by atoms with Crippen molar-refractivity contribution in [2.75, 3.05) is 11.4 Å². The lowest BCUT2D eigenvalue weighted by Crippen LogP contribution is -2.37. The molecule has 0 spiro atoms. The molecule has 1 N–H and O–H groups in total. The van der Waals surface area contributed by atoms with E-state index in [0.29, 0.717) is 12.2 Å². The molecule has 0 amide bonds. The second kappa shape index (κ2) is 5.07. The summed E-state index contributed by atoms with van der Waals surface area (Å²) in [5, 5.41) is 13.5. The van der Waals surface area contributed by atoms with E-state index in [1.54, 1.807) is 4.52 Å². The molecule has 0 radical (unpaired) electrons. The molecule has 1 aliphatic rings. The lowest BCUT2D eigenvalue weighted by molar-refractivity contribution is -0.138. The molecule has 0 saturated carbocycles. The number of carboxylic acid groups (broad SMARTS) is 1. The molecule has 1 aliphatic heterocycles. The number of carbonyl (C=O) groups is 1. The van der Waals surface area contributed by atoms with Crippen LogP contribution in [0.25, 0.3) is 5.78 Å². The van der Waals surface area contributed by atoms with Gasteiger partial charge in [0.05, 0.1) is 0 Å². The average molecular weight is 275 g/mol. The summed E-state index contributed by atoms with van der Waals surface area (Å²) in [6.07, 6.45) is 4.82. The van der Waals surface area contributed by atoms with Gasteiger partial charge in [0.1, 0.15) is 18.2 Å². The maximum atomic E-state index is 11.4. The third-order valence-corrected chi connectivity index (χ3v) is 3.62. The van der Waals surface area contributed by atoms with E-state index in [1.165, 1.54) is 6.33 Å². The van der Waals surface area contributed by atoms with Gasteiger partial charge in [0, 0.05) is 18.3 Å². The van der Waals surface area contributed by atoms with Gasteiger partial charge in [0.2, 0.25) is 0 Å². The SMILES string of the molecule is CCCc1cc(N2CCC[C@@H]2C(=O)O)n2ncnc2n1. The Labute approximate surface area is 116 Å². The van der Waals surface area contributed by atoms with Crippen molar-refractivity contribution in [3.8, 4) is 0 Å². The van der Waals surface area contributed by atoms with Gasteiger partial charge in [-0.3, -0.25) is 0 Å². The minimum absolute atomic E-state index is 0.487. The van der Waals surface area contributed by atoms with Crippen molar-refractivity contribution in [2.24, 2.45) is 0 Å². The summed E-state index contributed by atoms with van der Waals surface area (Å²) in [7, 11) is 0. The Morgan fingerprint density at radius 1 is 1.55 bits per heavy atom. The number of hydrogen-bond acceptors (Lipinski definition) is 5. The van der Waals surface area contributed by atoms with Crippen LogP contribution < -0.4 is 4.90 Å². The summed E-state index contributed by atoms with van der Waals surface area (Å²) in [4.78, 5) is 21.8. The van der Waals surface area contributed by atoms with Crippen LogP contribution in [0.2, 0.25) is 0 Å². The lowest BCUT2D eigenvalue weighted by Gasteiger charge is -2.24. The molecule has 3 rings (SSSR count). The zero-order valence-electron chi connectivity index (χ0n) is 11.4. The molecule has 20 heavy (non-hydrogen) atoms. The molecule has 3 heterocycles. The van der Waals surface area contributed by atoms with E-state index >= 15 is 0 Å². The summed E-state index contributed by atoms with van der Waals surface area (Å²) < 4.78 is 1.63. The number of aryl methyl sites for hydroxylation is 1. The lowest BCUT2D eigenvalue weighted by atomic mass is 10.2. The molecule has 0 bridgehead atoms. The highest BCUT2D eigenvalue weighted by Gasteiger charge is 2.32. The highest BCUT2D eigenvalue weighted by atomic mass is 16.4. The minimum atomic E-state index is -0.787. The van der Waals surface area contributed by atoms with Crippen molar-refractivity contribution >= 4 is 17.6 Å². The standard InChI is InChI=1S/C13H17N5O2/c1-2-4-9-7-11(18-13(16-9)14-8-15-18)17-6-3-5-10(17)12(19)20/h7-8,10H,2-6H2,1H3,(H,19,20)/t10-/m1/s1. The summed E-state index contributed by atoms with van der Waals surface area (Å²) in [5.74, 6) is 0.521. The van der Waals surface area contributed by atoms with Gasteiger partial charge in [-0.05, 0) is 19.3 Å². The van der Waals surface area contributed by atoms with E-state index < -0.39 is 12.0 Å². The molecular weight excluding hydrogens is 258 g/mol. The van der Waals surface area contributed by atoms with E-state index in [2.05, 4.69) is 22.0 Å². The van der Waals surface area contributed by atoms with Crippen LogP contribution in [-0.4, -0.2) is 43.2 Å². The van der Waals surface area contributed by atoms with Crippen molar-refractivity contribution in [1.29, 1.82) is 0 Å². The van der Waals surface area contributed by atoms with Crippen molar-refractivity contribution in [3.05, 3.63) is 18.1 Å². The largest absolute Gasteiger partial charge is 0.480 e. The fourth-order valence-corrected chi connectivity index (χ4v) is 2.73. The minimum Gasteiger partial charge on any atom is -0.480 e. The molecule has 0 aliphatic carbocycles. The third-order valence-electron chi connectivity index (χ3n) is 3.62. The van der Waals surface area contributed by atoms with Crippen molar-refractivity contribution in [2.45, 2.75) is 38.6 Å². The molecule has 1 atom stereocenters. The van der Waals surface area contributed by atoms with Crippen LogP contribution in [-0.2, 0) is 11.2 Å². The first-order valence-corrected chi connectivity index (χ1v) is 6.90. The first kappa shape index (κ1) is 12.8.